The molecule has 36 heavy (non-hydrogen) atoms. The van der Waals surface area contributed by atoms with Crippen LogP contribution in [0.15, 0.2) is 64.7 Å². The Labute approximate surface area is 209 Å². The summed E-state index contributed by atoms with van der Waals surface area (Å²) in [6.07, 6.45) is 1.69. The van der Waals surface area contributed by atoms with Gasteiger partial charge in [-0.15, -0.1) is 0 Å². The summed E-state index contributed by atoms with van der Waals surface area (Å²) >= 11 is 1.44. The van der Waals surface area contributed by atoms with E-state index in [0.717, 1.165) is 5.69 Å². The molecule has 2 aromatic heterocycles. The van der Waals surface area contributed by atoms with Crippen LogP contribution in [0.25, 0.3) is 16.7 Å². The number of fused-ring (bicyclic) bond motifs is 2. The van der Waals surface area contributed by atoms with Crippen LogP contribution in [0.4, 0.5) is 14.5 Å². The van der Waals surface area contributed by atoms with Crippen molar-refractivity contribution in [1.29, 1.82) is 0 Å². The van der Waals surface area contributed by atoms with Crippen LogP contribution < -0.4 is 10.5 Å². The van der Waals surface area contributed by atoms with E-state index in [1.807, 2.05) is 4.90 Å². The fourth-order valence-corrected chi connectivity index (χ4v) is 5.88. The lowest BCUT2D eigenvalue weighted by Gasteiger charge is -2.36. The van der Waals surface area contributed by atoms with Gasteiger partial charge < -0.3 is 9.80 Å². The predicted octanol–water partition coefficient (Wildman–Crippen LogP) is 3.25. The Morgan fingerprint density at radius 1 is 0.944 bits per heavy atom. The lowest BCUT2D eigenvalue weighted by atomic mass is 10.1. The highest BCUT2D eigenvalue weighted by Gasteiger charge is 2.32. The first-order chi connectivity index (χ1) is 17.5. The maximum Gasteiger partial charge on any atom is 0.265 e. The minimum absolute atomic E-state index is 0.00112. The Hall–Kier alpha value is -3.73. The summed E-state index contributed by atoms with van der Waals surface area (Å²) in [5, 5.41) is 5.21. The van der Waals surface area contributed by atoms with E-state index in [-0.39, 0.29) is 35.6 Å². The zero-order chi connectivity index (χ0) is 24.8. The van der Waals surface area contributed by atoms with Crippen LogP contribution in [0, 0.1) is 11.6 Å². The Kier molecular flexibility index (Phi) is 5.71. The van der Waals surface area contributed by atoms with E-state index in [4.69, 9.17) is 0 Å². The molecule has 0 aliphatic carbocycles. The van der Waals surface area contributed by atoms with E-state index in [9.17, 15) is 18.4 Å². The van der Waals surface area contributed by atoms with Crippen LogP contribution >= 0.6 is 11.8 Å². The van der Waals surface area contributed by atoms with Crippen LogP contribution in [-0.4, -0.2) is 62.1 Å². The molecule has 0 saturated carbocycles. The summed E-state index contributed by atoms with van der Waals surface area (Å²) in [5.41, 5.74) is 1.73. The van der Waals surface area contributed by atoms with Gasteiger partial charge in [-0.25, -0.2) is 18.4 Å². The topological polar surface area (TPSA) is 76.3 Å². The summed E-state index contributed by atoms with van der Waals surface area (Å²) in [6.45, 7) is 2.47. The summed E-state index contributed by atoms with van der Waals surface area (Å²) in [4.78, 5) is 35.1. The van der Waals surface area contributed by atoms with E-state index in [1.54, 1.807) is 28.8 Å². The van der Waals surface area contributed by atoms with Crippen molar-refractivity contribution in [2.24, 2.45) is 0 Å². The molecule has 1 fully saturated rings. The number of carbonyl (C=O) groups is 1. The van der Waals surface area contributed by atoms with Crippen molar-refractivity contribution in [2.75, 3.05) is 36.8 Å². The monoisotopic (exact) mass is 508 g/mol. The lowest BCUT2D eigenvalue weighted by Crippen LogP contribution is -2.49. The minimum atomic E-state index is -0.357. The van der Waals surface area contributed by atoms with E-state index in [0.29, 0.717) is 53.8 Å². The van der Waals surface area contributed by atoms with Gasteiger partial charge in [-0.3, -0.25) is 14.2 Å². The fraction of sp³-hybridized carbons (Fsp3) is 0.280. The van der Waals surface area contributed by atoms with Gasteiger partial charge >= 0.3 is 0 Å². The molecule has 1 atom stereocenters. The molecule has 2 aliphatic heterocycles. The van der Waals surface area contributed by atoms with Crippen LogP contribution in [0.2, 0.25) is 0 Å². The van der Waals surface area contributed by atoms with E-state index in [2.05, 4.69) is 15.0 Å². The van der Waals surface area contributed by atoms with Crippen molar-refractivity contribution < 1.29 is 13.6 Å². The van der Waals surface area contributed by atoms with Gasteiger partial charge in [0.1, 0.15) is 17.0 Å². The molecule has 0 spiro atoms. The highest BCUT2D eigenvalue weighted by molar-refractivity contribution is 7.99. The minimum Gasteiger partial charge on any atom is -0.368 e. The largest absolute Gasteiger partial charge is 0.368 e. The molecule has 0 radical (unpaired) electrons. The zero-order valence-corrected chi connectivity index (χ0v) is 20.0. The molecule has 4 aromatic rings. The average molecular weight is 509 g/mol. The smallest absolute Gasteiger partial charge is 0.265 e. The number of carbonyl (C=O) groups excluding carboxylic acids is 1. The molecular formula is C25H22F2N6O2S. The number of anilines is 1. The van der Waals surface area contributed by atoms with Crippen LogP contribution in [-0.2, 0) is 4.79 Å². The number of thioether (sulfide) groups is 1. The number of hydrogen-bond acceptors (Lipinski definition) is 6. The van der Waals surface area contributed by atoms with Gasteiger partial charge in [-0.2, -0.15) is 5.10 Å². The molecule has 1 amide bonds. The van der Waals surface area contributed by atoms with E-state index in [1.165, 1.54) is 46.9 Å². The first-order valence-corrected chi connectivity index (χ1v) is 12.6. The van der Waals surface area contributed by atoms with Gasteiger partial charge in [0.05, 0.1) is 17.9 Å². The first kappa shape index (κ1) is 22.7. The number of nitrogens with zero attached hydrogens (tertiary/aromatic N) is 6. The van der Waals surface area contributed by atoms with Crippen molar-refractivity contribution in [2.45, 2.75) is 17.6 Å². The Bertz CT molecular complexity index is 1490. The van der Waals surface area contributed by atoms with Gasteiger partial charge in [0.25, 0.3) is 5.56 Å². The van der Waals surface area contributed by atoms with Gasteiger partial charge in [0.2, 0.25) is 5.91 Å². The first-order valence-electron chi connectivity index (χ1n) is 11.7. The second kappa shape index (κ2) is 9.05. The van der Waals surface area contributed by atoms with Crippen LogP contribution in [0.5, 0.6) is 0 Å². The summed E-state index contributed by atoms with van der Waals surface area (Å²) in [6, 6.07) is 11.9. The maximum atomic E-state index is 13.3. The molecule has 184 valence electrons. The standard InChI is InChI=1S/C25H22F2N6O2S/c26-16-1-5-18(6-2-16)30-9-11-31(12-10-30)22(34)13-20-15-36-25-29-23-21(24(35)32(20)25)14-28-33(23)19-7-3-17(27)4-8-19/h1-8,14,20H,9-13,15H2. The summed E-state index contributed by atoms with van der Waals surface area (Å²) < 4.78 is 29.7. The van der Waals surface area contributed by atoms with Crippen molar-refractivity contribution in [3.8, 4) is 5.69 Å². The molecule has 0 bridgehead atoms. The molecule has 6 rings (SSSR count). The van der Waals surface area contributed by atoms with Crippen LogP contribution in [0.1, 0.15) is 12.5 Å². The third kappa shape index (κ3) is 4.02. The number of amides is 1. The zero-order valence-electron chi connectivity index (χ0n) is 19.2. The summed E-state index contributed by atoms with van der Waals surface area (Å²) in [7, 11) is 0. The second-order valence-electron chi connectivity index (χ2n) is 8.85. The Balaban J connectivity index is 1.18. The molecule has 2 aliphatic rings. The van der Waals surface area contributed by atoms with Crippen LogP contribution in [0.3, 0.4) is 0 Å². The highest BCUT2D eigenvalue weighted by Crippen LogP contribution is 2.34. The molecule has 0 N–H and O–H groups in total. The SMILES string of the molecule is O=C(CC1CSc2nc3c(cnn3-c3ccc(F)cc3)c(=O)n21)N1CCN(c2ccc(F)cc2)CC1. The Morgan fingerprint density at radius 3 is 2.25 bits per heavy atom. The van der Waals surface area contributed by atoms with E-state index < -0.39 is 0 Å². The molecule has 11 heteroatoms. The average Bonchev–Trinajstić information content (AvgIpc) is 3.50. The number of rotatable bonds is 4. The molecular weight excluding hydrogens is 486 g/mol. The number of piperazine rings is 1. The molecule has 8 nitrogen and oxygen atoms in total. The van der Waals surface area contributed by atoms with Crippen molar-refractivity contribution in [3.05, 3.63) is 76.7 Å². The van der Waals surface area contributed by atoms with Gasteiger partial charge in [0.15, 0.2) is 10.8 Å². The quantitative estimate of drug-likeness (QED) is 0.394. The molecule has 2 aromatic carbocycles. The highest BCUT2D eigenvalue weighted by atomic mass is 32.2. The number of halogens is 2. The maximum absolute atomic E-state index is 13.3. The number of aromatic nitrogens is 4. The second-order valence-corrected chi connectivity index (χ2v) is 9.84. The van der Waals surface area contributed by atoms with Crippen molar-refractivity contribution in [3.63, 3.8) is 0 Å². The number of hydrogen-bond donors (Lipinski definition) is 0. The normalized spacial score (nSPS) is 17.6. The lowest BCUT2D eigenvalue weighted by molar-refractivity contribution is -0.132. The van der Waals surface area contributed by atoms with Crippen molar-refractivity contribution in [1.82, 2.24) is 24.2 Å². The van der Waals surface area contributed by atoms with E-state index >= 15 is 0 Å². The van der Waals surface area contributed by atoms with Crippen molar-refractivity contribution >= 4 is 34.4 Å². The van der Waals surface area contributed by atoms with Gasteiger partial charge in [-0.05, 0) is 48.5 Å². The predicted molar refractivity (Wildman–Crippen MR) is 133 cm³/mol. The fourth-order valence-electron chi connectivity index (χ4n) is 4.75. The number of benzene rings is 2. The van der Waals surface area contributed by atoms with Gasteiger partial charge in [-0.1, -0.05) is 11.8 Å². The molecule has 1 saturated heterocycles. The third-order valence-corrected chi connectivity index (χ3v) is 7.77. The molecule has 4 heterocycles. The van der Waals surface area contributed by atoms with Gasteiger partial charge in [0, 0.05) is 44.0 Å². The third-order valence-electron chi connectivity index (χ3n) is 6.68. The Morgan fingerprint density at radius 2 is 1.58 bits per heavy atom. The summed E-state index contributed by atoms with van der Waals surface area (Å²) in [5.74, 6) is -0.0440. The molecule has 1 unspecified atom stereocenters.